The number of nitrogens with zero attached hydrogens (tertiary/aromatic N) is 5. The highest BCUT2D eigenvalue weighted by Crippen LogP contribution is 2.35. The van der Waals surface area contributed by atoms with E-state index in [9.17, 15) is 4.79 Å². The first-order chi connectivity index (χ1) is 12.4. The number of nitrogens with one attached hydrogen (secondary N) is 1. The Labute approximate surface area is 151 Å². The molecule has 0 aromatic carbocycles. The molecule has 0 bridgehead atoms. The SMILES string of the molecule is Cc1nn(C)c(N(C)C)c1-c1noc(C)c1C(=O)NCc1ccccn1. The molecule has 3 aromatic heterocycles. The molecule has 0 unspecified atom stereocenters. The number of aryl methyl sites for hydroxylation is 3. The fraction of sp³-hybridized carbons (Fsp3) is 0.333. The van der Waals surface area contributed by atoms with Crippen LogP contribution in [0.4, 0.5) is 5.82 Å². The molecule has 0 spiro atoms. The summed E-state index contributed by atoms with van der Waals surface area (Å²) in [5.41, 5.74) is 3.26. The van der Waals surface area contributed by atoms with E-state index < -0.39 is 0 Å². The molecule has 0 saturated carbocycles. The van der Waals surface area contributed by atoms with Crippen LogP contribution in [0.3, 0.4) is 0 Å². The van der Waals surface area contributed by atoms with Gasteiger partial charge in [0.15, 0.2) is 0 Å². The summed E-state index contributed by atoms with van der Waals surface area (Å²) >= 11 is 0. The first kappa shape index (κ1) is 17.7. The van der Waals surface area contributed by atoms with Crippen LogP contribution in [0.15, 0.2) is 28.9 Å². The molecule has 8 nitrogen and oxygen atoms in total. The number of anilines is 1. The van der Waals surface area contributed by atoms with Gasteiger partial charge in [0.25, 0.3) is 5.91 Å². The quantitative estimate of drug-likeness (QED) is 0.755. The van der Waals surface area contributed by atoms with Crippen molar-refractivity contribution in [1.29, 1.82) is 0 Å². The van der Waals surface area contributed by atoms with Gasteiger partial charge in [-0.05, 0) is 26.0 Å². The molecule has 0 radical (unpaired) electrons. The van der Waals surface area contributed by atoms with Gasteiger partial charge in [0.2, 0.25) is 0 Å². The fourth-order valence-electron chi connectivity index (χ4n) is 3.01. The van der Waals surface area contributed by atoms with E-state index in [1.165, 1.54) is 0 Å². The Bertz CT molecular complexity index is 927. The topological polar surface area (TPSA) is 89.1 Å². The molecule has 1 amide bonds. The van der Waals surface area contributed by atoms with E-state index in [1.54, 1.807) is 17.8 Å². The van der Waals surface area contributed by atoms with Gasteiger partial charge in [-0.25, -0.2) is 0 Å². The maximum absolute atomic E-state index is 12.8. The minimum absolute atomic E-state index is 0.252. The smallest absolute Gasteiger partial charge is 0.257 e. The highest BCUT2D eigenvalue weighted by atomic mass is 16.5. The predicted octanol–water partition coefficient (Wildman–Crippen LogP) is 2.08. The van der Waals surface area contributed by atoms with Crippen LogP contribution in [0, 0.1) is 13.8 Å². The molecule has 3 rings (SSSR count). The Balaban J connectivity index is 1.96. The molecule has 8 heteroatoms. The largest absolute Gasteiger partial charge is 0.362 e. The summed E-state index contributed by atoms with van der Waals surface area (Å²) in [6.45, 7) is 3.95. The van der Waals surface area contributed by atoms with Crippen molar-refractivity contribution in [1.82, 2.24) is 25.2 Å². The Kier molecular flexibility index (Phi) is 4.75. The van der Waals surface area contributed by atoms with E-state index in [0.717, 1.165) is 22.8 Å². The Hall–Kier alpha value is -3.16. The van der Waals surface area contributed by atoms with Gasteiger partial charge < -0.3 is 14.7 Å². The van der Waals surface area contributed by atoms with Crippen molar-refractivity contribution in [2.45, 2.75) is 20.4 Å². The zero-order valence-corrected chi connectivity index (χ0v) is 15.6. The van der Waals surface area contributed by atoms with Crippen molar-refractivity contribution in [2.24, 2.45) is 7.05 Å². The van der Waals surface area contributed by atoms with Crippen LogP contribution in [0.5, 0.6) is 0 Å². The van der Waals surface area contributed by atoms with Gasteiger partial charge in [-0.3, -0.25) is 14.5 Å². The number of hydrogen-bond acceptors (Lipinski definition) is 6. The molecular formula is C18H22N6O2. The normalized spacial score (nSPS) is 10.8. The highest BCUT2D eigenvalue weighted by molar-refractivity contribution is 6.02. The Morgan fingerprint density at radius 1 is 1.31 bits per heavy atom. The van der Waals surface area contributed by atoms with E-state index in [1.807, 2.05) is 51.2 Å². The van der Waals surface area contributed by atoms with Crippen LogP contribution in [-0.2, 0) is 13.6 Å². The second-order valence-electron chi connectivity index (χ2n) is 6.27. The Morgan fingerprint density at radius 2 is 2.08 bits per heavy atom. The lowest BCUT2D eigenvalue weighted by molar-refractivity contribution is 0.0949. The van der Waals surface area contributed by atoms with E-state index >= 15 is 0 Å². The van der Waals surface area contributed by atoms with E-state index in [-0.39, 0.29) is 5.91 Å². The molecule has 3 heterocycles. The zero-order chi connectivity index (χ0) is 18.8. The number of rotatable bonds is 5. The molecule has 136 valence electrons. The van der Waals surface area contributed by atoms with Crippen molar-refractivity contribution < 1.29 is 9.32 Å². The lowest BCUT2D eigenvalue weighted by Gasteiger charge is -2.14. The number of amides is 1. The molecule has 1 N–H and O–H groups in total. The summed E-state index contributed by atoms with van der Waals surface area (Å²) in [5.74, 6) is 1.07. The maximum atomic E-state index is 12.8. The lowest BCUT2D eigenvalue weighted by Crippen LogP contribution is -2.24. The van der Waals surface area contributed by atoms with Gasteiger partial charge in [-0.15, -0.1) is 0 Å². The Morgan fingerprint density at radius 3 is 2.73 bits per heavy atom. The fourth-order valence-corrected chi connectivity index (χ4v) is 3.01. The summed E-state index contributed by atoms with van der Waals surface area (Å²) < 4.78 is 7.11. The lowest BCUT2D eigenvalue weighted by atomic mass is 10.1. The number of carbonyl (C=O) groups excluding carboxylic acids is 1. The van der Waals surface area contributed by atoms with Gasteiger partial charge in [-0.2, -0.15) is 5.10 Å². The van der Waals surface area contributed by atoms with Crippen molar-refractivity contribution >= 4 is 11.7 Å². The number of pyridine rings is 1. The summed E-state index contributed by atoms with van der Waals surface area (Å²) in [5, 5.41) is 11.5. The van der Waals surface area contributed by atoms with Crippen molar-refractivity contribution in [3.63, 3.8) is 0 Å². The van der Waals surface area contributed by atoms with Gasteiger partial charge >= 0.3 is 0 Å². The van der Waals surface area contributed by atoms with Crippen molar-refractivity contribution in [3.8, 4) is 11.3 Å². The minimum Gasteiger partial charge on any atom is -0.362 e. The average molecular weight is 354 g/mol. The summed E-state index contributed by atoms with van der Waals surface area (Å²) in [4.78, 5) is 19.0. The van der Waals surface area contributed by atoms with E-state index in [2.05, 4.69) is 20.6 Å². The highest BCUT2D eigenvalue weighted by Gasteiger charge is 2.27. The summed E-state index contributed by atoms with van der Waals surface area (Å²) in [7, 11) is 5.71. The molecule has 26 heavy (non-hydrogen) atoms. The summed E-state index contributed by atoms with van der Waals surface area (Å²) in [6, 6.07) is 5.57. The van der Waals surface area contributed by atoms with E-state index in [4.69, 9.17) is 4.52 Å². The third kappa shape index (κ3) is 3.17. The van der Waals surface area contributed by atoms with E-state index in [0.29, 0.717) is 23.6 Å². The number of aromatic nitrogens is 4. The zero-order valence-electron chi connectivity index (χ0n) is 15.6. The second kappa shape index (κ2) is 6.99. The first-order valence-corrected chi connectivity index (χ1v) is 8.25. The monoisotopic (exact) mass is 354 g/mol. The van der Waals surface area contributed by atoms with Crippen LogP contribution in [0.25, 0.3) is 11.3 Å². The van der Waals surface area contributed by atoms with Gasteiger partial charge in [-0.1, -0.05) is 11.2 Å². The van der Waals surface area contributed by atoms with Gasteiger partial charge in [0.05, 0.1) is 23.5 Å². The van der Waals surface area contributed by atoms with Crippen LogP contribution >= 0.6 is 0 Å². The molecular weight excluding hydrogens is 332 g/mol. The molecule has 0 aliphatic heterocycles. The third-order valence-corrected chi connectivity index (χ3v) is 4.10. The molecule has 0 atom stereocenters. The van der Waals surface area contributed by atoms with Crippen LogP contribution < -0.4 is 10.2 Å². The summed E-state index contributed by atoms with van der Waals surface area (Å²) in [6.07, 6.45) is 1.69. The standard InChI is InChI=1S/C18H22N6O2/c1-11-14(18(23(3)4)24(5)21-11)16-15(12(2)26-22-16)17(25)20-10-13-8-6-7-9-19-13/h6-9H,10H2,1-5H3,(H,20,25). The van der Waals surface area contributed by atoms with Crippen molar-refractivity contribution in [3.05, 3.63) is 47.1 Å². The second-order valence-corrected chi connectivity index (χ2v) is 6.27. The van der Waals surface area contributed by atoms with Gasteiger partial charge in [0.1, 0.15) is 22.8 Å². The average Bonchev–Trinajstić information content (AvgIpc) is 3.12. The van der Waals surface area contributed by atoms with Crippen LogP contribution in [0.1, 0.15) is 27.5 Å². The molecule has 0 saturated heterocycles. The van der Waals surface area contributed by atoms with Crippen molar-refractivity contribution in [2.75, 3.05) is 19.0 Å². The molecule has 3 aromatic rings. The third-order valence-electron chi connectivity index (χ3n) is 4.10. The van der Waals surface area contributed by atoms with Crippen LogP contribution in [0.2, 0.25) is 0 Å². The van der Waals surface area contributed by atoms with Crippen LogP contribution in [-0.4, -0.2) is 39.9 Å². The minimum atomic E-state index is -0.252. The first-order valence-electron chi connectivity index (χ1n) is 8.25. The number of carbonyl (C=O) groups is 1. The molecule has 0 fully saturated rings. The number of hydrogen-bond donors (Lipinski definition) is 1. The predicted molar refractivity (Wildman–Crippen MR) is 97.9 cm³/mol. The molecule has 0 aliphatic carbocycles. The van der Waals surface area contributed by atoms with Gasteiger partial charge in [0, 0.05) is 27.3 Å². The maximum Gasteiger partial charge on any atom is 0.257 e. The molecule has 0 aliphatic rings.